The summed E-state index contributed by atoms with van der Waals surface area (Å²) >= 11 is 2.80. The van der Waals surface area contributed by atoms with Crippen LogP contribution in [0.5, 0.6) is 5.75 Å². The number of anilines is 1. The Hall–Kier alpha value is -3.76. The van der Waals surface area contributed by atoms with Crippen molar-refractivity contribution in [2.24, 2.45) is 0 Å². The van der Waals surface area contributed by atoms with Crippen LogP contribution in [0.2, 0.25) is 0 Å². The Balaban J connectivity index is 1.40. The zero-order valence-corrected chi connectivity index (χ0v) is 21.6. The lowest BCUT2D eigenvalue weighted by Gasteiger charge is -2.10. The molecule has 0 aliphatic heterocycles. The zero-order valence-electron chi connectivity index (χ0n) is 20.0. The monoisotopic (exact) mass is 520 g/mol. The summed E-state index contributed by atoms with van der Waals surface area (Å²) in [5.74, 6) is 0.154. The zero-order chi connectivity index (χ0) is 25.5. The number of aromatic nitrogens is 3. The molecule has 0 aliphatic rings. The molecule has 184 valence electrons. The molecule has 4 rings (SSSR count). The largest absolute Gasteiger partial charge is 0.497 e. The van der Waals surface area contributed by atoms with E-state index in [2.05, 4.69) is 20.5 Å². The second kappa shape index (κ2) is 11.8. The van der Waals surface area contributed by atoms with Gasteiger partial charge in [-0.1, -0.05) is 36.0 Å². The molecule has 0 unspecified atom stereocenters. The summed E-state index contributed by atoms with van der Waals surface area (Å²) in [6, 6.07) is 18.2. The van der Waals surface area contributed by atoms with Crippen LogP contribution in [-0.2, 0) is 9.53 Å². The maximum atomic E-state index is 12.5. The van der Waals surface area contributed by atoms with E-state index in [-0.39, 0.29) is 18.3 Å². The highest BCUT2D eigenvalue weighted by atomic mass is 32.2. The number of benzene rings is 2. The average Bonchev–Trinajstić information content (AvgIpc) is 3.30. The number of nitrogens with zero attached hydrogens (tertiary/aromatic N) is 3. The van der Waals surface area contributed by atoms with Gasteiger partial charge in [-0.2, -0.15) is 0 Å². The van der Waals surface area contributed by atoms with Crippen LogP contribution < -0.4 is 10.1 Å². The minimum atomic E-state index is -0.476. The first-order valence-electron chi connectivity index (χ1n) is 11.1. The van der Waals surface area contributed by atoms with Crippen molar-refractivity contribution >= 4 is 40.7 Å². The molecule has 36 heavy (non-hydrogen) atoms. The van der Waals surface area contributed by atoms with Crippen LogP contribution in [-0.4, -0.2) is 46.5 Å². The first-order valence-corrected chi connectivity index (χ1v) is 12.9. The summed E-state index contributed by atoms with van der Waals surface area (Å²) in [5, 5.41) is 12.9. The second-order valence-corrected chi connectivity index (χ2v) is 9.52. The van der Waals surface area contributed by atoms with Crippen LogP contribution in [0, 0.1) is 6.92 Å². The number of methoxy groups -OCH3 is 1. The Morgan fingerprint density at radius 3 is 2.64 bits per heavy atom. The molecule has 0 spiro atoms. The maximum Gasteiger partial charge on any atom is 0.340 e. The fraction of sp³-hybridized carbons (Fsp3) is 0.192. The molecular formula is C26H24N4O4S2. The van der Waals surface area contributed by atoms with Crippen molar-refractivity contribution in [2.75, 3.05) is 24.8 Å². The quantitative estimate of drug-likeness (QED) is 0.228. The molecule has 0 saturated carbocycles. The van der Waals surface area contributed by atoms with Crippen LogP contribution in [0.25, 0.3) is 21.1 Å². The standard InChI is InChI=1S/C26H24N4O4S2/c1-4-34-26(32)19-10-5-6-11-20(19)28-22(31)15-35-23-13-12-21(29-30-23)24-16(2)27-25(36-24)17-8-7-9-18(14-17)33-3/h5-14H,4,15H2,1-3H3,(H,28,31). The normalized spacial score (nSPS) is 10.6. The minimum Gasteiger partial charge on any atom is -0.497 e. The number of amides is 1. The number of carbonyl (C=O) groups is 2. The van der Waals surface area contributed by atoms with E-state index >= 15 is 0 Å². The van der Waals surface area contributed by atoms with Gasteiger partial charge in [-0.25, -0.2) is 9.78 Å². The number of aryl methyl sites for hydroxylation is 1. The summed E-state index contributed by atoms with van der Waals surface area (Å²) in [7, 11) is 1.64. The molecule has 0 radical (unpaired) electrons. The van der Waals surface area contributed by atoms with E-state index in [1.165, 1.54) is 23.1 Å². The molecule has 0 bridgehead atoms. The molecule has 1 N–H and O–H groups in total. The Bertz CT molecular complexity index is 1370. The molecule has 2 aromatic heterocycles. The van der Waals surface area contributed by atoms with Gasteiger partial charge in [0, 0.05) is 5.56 Å². The number of thioether (sulfide) groups is 1. The van der Waals surface area contributed by atoms with Gasteiger partial charge in [0.2, 0.25) is 5.91 Å². The summed E-state index contributed by atoms with van der Waals surface area (Å²) < 4.78 is 10.4. The summed E-state index contributed by atoms with van der Waals surface area (Å²) in [6.45, 7) is 3.94. The number of para-hydroxylation sites is 1. The van der Waals surface area contributed by atoms with Crippen molar-refractivity contribution in [3.63, 3.8) is 0 Å². The number of esters is 1. The van der Waals surface area contributed by atoms with Gasteiger partial charge in [0.25, 0.3) is 0 Å². The van der Waals surface area contributed by atoms with Crippen LogP contribution in [0.15, 0.2) is 65.7 Å². The second-order valence-electron chi connectivity index (χ2n) is 7.53. The molecule has 0 saturated heterocycles. The van der Waals surface area contributed by atoms with E-state index in [1.54, 1.807) is 38.3 Å². The summed E-state index contributed by atoms with van der Waals surface area (Å²) in [5.41, 5.74) is 3.29. The van der Waals surface area contributed by atoms with Gasteiger partial charge in [-0.15, -0.1) is 21.5 Å². The molecule has 0 atom stereocenters. The van der Waals surface area contributed by atoms with Crippen molar-refractivity contribution in [2.45, 2.75) is 18.9 Å². The van der Waals surface area contributed by atoms with Gasteiger partial charge in [0.15, 0.2) is 0 Å². The number of rotatable bonds is 9. The predicted molar refractivity (Wildman–Crippen MR) is 142 cm³/mol. The molecular weight excluding hydrogens is 496 g/mol. The molecule has 2 heterocycles. The fourth-order valence-corrected chi connectivity index (χ4v) is 4.98. The van der Waals surface area contributed by atoms with Crippen molar-refractivity contribution < 1.29 is 19.1 Å². The minimum absolute atomic E-state index is 0.116. The number of thiazole rings is 1. The van der Waals surface area contributed by atoms with Crippen molar-refractivity contribution in [3.8, 4) is 26.9 Å². The van der Waals surface area contributed by atoms with Crippen LogP contribution in [0.4, 0.5) is 5.69 Å². The third-order valence-electron chi connectivity index (χ3n) is 5.03. The van der Waals surface area contributed by atoms with Crippen LogP contribution in [0.3, 0.4) is 0 Å². The maximum absolute atomic E-state index is 12.5. The van der Waals surface area contributed by atoms with E-state index in [4.69, 9.17) is 9.47 Å². The van der Waals surface area contributed by atoms with Crippen LogP contribution in [0.1, 0.15) is 23.0 Å². The molecule has 10 heteroatoms. The van der Waals surface area contributed by atoms with E-state index < -0.39 is 5.97 Å². The highest BCUT2D eigenvalue weighted by Crippen LogP contribution is 2.35. The molecule has 8 nitrogen and oxygen atoms in total. The van der Waals surface area contributed by atoms with E-state index in [9.17, 15) is 9.59 Å². The number of nitrogens with one attached hydrogen (secondary N) is 1. The third-order valence-corrected chi connectivity index (χ3v) is 7.18. The molecule has 2 aromatic carbocycles. The average molecular weight is 521 g/mol. The highest BCUT2D eigenvalue weighted by Gasteiger charge is 2.16. The number of ether oxygens (including phenoxy) is 2. The van der Waals surface area contributed by atoms with E-state index in [0.29, 0.717) is 16.3 Å². The lowest BCUT2D eigenvalue weighted by atomic mass is 10.2. The molecule has 4 aromatic rings. The van der Waals surface area contributed by atoms with E-state index in [1.807, 2.05) is 43.3 Å². The Kier molecular flexibility index (Phi) is 8.29. The summed E-state index contributed by atoms with van der Waals surface area (Å²) in [6.07, 6.45) is 0. The van der Waals surface area contributed by atoms with Gasteiger partial charge in [-0.3, -0.25) is 4.79 Å². The smallest absolute Gasteiger partial charge is 0.340 e. The highest BCUT2D eigenvalue weighted by molar-refractivity contribution is 7.99. The first-order chi connectivity index (χ1) is 17.5. The van der Waals surface area contributed by atoms with Crippen LogP contribution >= 0.6 is 23.1 Å². The molecule has 0 fully saturated rings. The molecule has 0 aliphatic carbocycles. The predicted octanol–water partition coefficient (Wildman–Crippen LogP) is 5.49. The van der Waals surface area contributed by atoms with Crippen molar-refractivity contribution in [1.29, 1.82) is 0 Å². The summed E-state index contributed by atoms with van der Waals surface area (Å²) in [4.78, 5) is 30.2. The number of carbonyl (C=O) groups excluding carboxylic acids is 2. The Morgan fingerprint density at radius 2 is 1.89 bits per heavy atom. The van der Waals surface area contributed by atoms with E-state index in [0.717, 1.165) is 32.6 Å². The Labute approximate surface area is 217 Å². The Morgan fingerprint density at radius 1 is 1.06 bits per heavy atom. The van der Waals surface area contributed by atoms with Crippen molar-refractivity contribution in [3.05, 3.63) is 71.9 Å². The van der Waals surface area contributed by atoms with Gasteiger partial charge >= 0.3 is 5.97 Å². The third kappa shape index (κ3) is 6.07. The fourth-order valence-electron chi connectivity index (χ4n) is 3.34. The first kappa shape index (κ1) is 25.3. The lowest BCUT2D eigenvalue weighted by molar-refractivity contribution is -0.113. The van der Waals surface area contributed by atoms with Gasteiger partial charge in [-0.05, 0) is 50.2 Å². The lowest BCUT2D eigenvalue weighted by Crippen LogP contribution is -2.17. The van der Waals surface area contributed by atoms with Crippen molar-refractivity contribution in [1.82, 2.24) is 15.2 Å². The van der Waals surface area contributed by atoms with Gasteiger partial charge in [0.05, 0.1) is 41.3 Å². The van der Waals surface area contributed by atoms with Gasteiger partial charge < -0.3 is 14.8 Å². The topological polar surface area (TPSA) is 103 Å². The van der Waals surface area contributed by atoms with Gasteiger partial charge in [0.1, 0.15) is 21.5 Å². The number of hydrogen-bond acceptors (Lipinski definition) is 9. The molecule has 1 amide bonds. The SMILES string of the molecule is CCOC(=O)c1ccccc1NC(=O)CSc1ccc(-c2sc(-c3cccc(OC)c3)nc2C)nn1. The number of hydrogen-bond donors (Lipinski definition) is 1.